The number of rotatable bonds is 19. The molecule has 1 atom stereocenters. The van der Waals surface area contributed by atoms with Crippen molar-refractivity contribution in [3.05, 3.63) is 120 Å². The first-order valence-electron chi connectivity index (χ1n) is 21.0. The summed E-state index contributed by atoms with van der Waals surface area (Å²) in [6.45, 7) is 3.60. The van der Waals surface area contributed by atoms with Crippen molar-refractivity contribution in [2.45, 2.75) is 61.9 Å². The number of methoxy groups -OCH3 is 3. The highest BCUT2D eigenvalue weighted by Crippen LogP contribution is 2.44. The molecule has 0 radical (unpaired) electrons. The number of nitrogens with one attached hydrogen (secondary N) is 2. The summed E-state index contributed by atoms with van der Waals surface area (Å²) in [5.74, 6) is 1.48. The molecule has 7 aromatic rings. The Morgan fingerprint density at radius 2 is 1.37 bits per heavy atom. The Morgan fingerprint density at radius 1 is 0.794 bits per heavy atom. The van der Waals surface area contributed by atoms with Crippen LogP contribution in [0.5, 0.6) is 17.2 Å². The Labute approximate surface area is 397 Å². The van der Waals surface area contributed by atoms with Crippen molar-refractivity contribution in [2.75, 3.05) is 40.2 Å². The fraction of sp³-hybridized carbons (Fsp3) is 0.283. The van der Waals surface area contributed by atoms with Crippen molar-refractivity contribution in [1.82, 2.24) is 39.5 Å². The van der Waals surface area contributed by atoms with Crippen molar-refractivity contribution in [3.8, 4) is 39.8 Å². The van der Waals surface area contributed by atoms with Crippen LogP contribution >= 0.6 is 11.3 Å². The number of fused-ring (bicyclic) bond motifs is 1. The van der Waals surface area contributed by atoms with Crippen molar-refractivity contribution in [2.24, 2.45) is 0 Å². The van der Waals surface area contributed by atoms with Crippen LogP contribution in [0.1, 0.15) is 37.5 Å². The summed E-state index contributed by atoms with van der Waals surface area (Å²) in [5, 5.41) is 27.0. The first-order chi connectivity index (χ1) is 32.4. The first kappa shape index (κ1) is 49.2. The van der Waals surface area contributed by atoms with Gasteiger partial charge in [-0.25, -0.2) is 31.3 Å². The van der Waals surface area contributed by atoms with E-state index in [-0.39, 0.29) is 41.7 Å². The van der Waals surface area contributed by atoms with Gasteiger partial charge < -0.3 is 35.1 Å². The Morgan fingerprint density at radius 3 is 1.93 bits per heavy atom. The zero-order valence-corrected chi connectivity index (χ0v) is 40.5. The fourth-order valence-electron chi connectivity index (χ4n) is 7.06. The Kier molecular flexibility index (Phi) is 15.0. The van der Waals surface area contributed by atoms with E-state index in [1.165, 1.54) is 42.5 Å². The van der Waals surface area contributed by atoms with E-state index in [1.54, 1.807) is 101 Å². The number of anilines is 1. The topological polar surface area (TPSA) is 252 Å². The lowest BCUT2D eigenvalue weighted by Crippen LogP contribution is -2.42. The number of nitrogen functional groups attached to an aromatic ring is 1. The molecule has 0 saturated carbocycles. The van der Waals surface area contributed by atoms with Crippen LogP contribution in [0.15, 0.2) is 113 Å². The van der Waals surface area contributed by atoms with E-state index < -0.39 is 60.7 Å². The average Bonchev–Trinajstić information content (AvgIpc) is 3.95. The molecule has 358 valence electrons. The number of benzene rings is 5. The number of sulfonamides is 2. The number of aliphatic hydroxyl groups excluding tert-OH is 1. The van der Waals surface area contributed by atoms with E-state index in [2.05, 4.69) is 25.3 Å². The summed E-state index contributed by atoms with van der Waals surface area (Å²) in [6.07, 6.45) is -2.30. The molecule has 19 nitrogen and oxygen atoms in total. The van der Waals surface area contributed by atoms with Crippen LogP contribution in [-0.4, -0.2) is 104 Å². The third-order valence-corrected chi connectivity index (χ3v) is 14.6. The predicted molar refractivity (Wildman–Crippen MR) is 256 cm³/mol. The lowest BCUT2D eigenvalue weighted by molar-refractivity contribution is 0.0494. The smallest absolute Gasteiger partial charge is 0.407 e. The van der Waals surface area contributed by atoms with E-state index in [0.717, 1.165) is 9.87 Å². The number of tetrazole rings is 1. The van der Waals surface area contributed by atoms with Gasteiger partial charge in [-0.1, -0.05) is 65.9 Å². The second-order valence-electron chi connectivity index (χ2n) is 16.4. The van der Waals surface area contributed by atoms with Gasteiger partial charge in [0, 0.05) is 31.7 Å². The summed E-state index contributed by atoms with van der Waals surface area (Å²) < 4.78 is 87.2. The van der Waals surface area contributed by atoms with Gasteiger partial charge >= 0.3 is 6.09 Å². The average molecular weight is 986 g/mol. The second kappa shape index (κ2) is 20.7. The van der Waals surface area contributed by atoms with Gasteiger partial charge in [0.05, 0.1) is 49.8 Å². The monoisotopic (exact) mass is 985 g/mol. The molecule has 0 fully saturated rings. The number of nitrogens with two attached hydrogens (primary N) is 1. The fourth-order valence-corrected chi connectivity index (χ4v) is 11.3. The van der Waals surface area contributed by atoms with Crippen molar-refractivity contribution in [3.63, 3.8) is 0 Å². The zero-order chi connectivity index (χ0) is 48.8. The van der Waals surface area contributed by atoms with Crippen LogP contribution < -0.4 is 30.0 Å². The van der Waals surface area contributed by atoms with Gasteiger partial charge in [-0.05, 0) is 96.8 Å². The number of amides is 1. The Bertz CT molecular complexity index is 3050. The van der Waals surface area contributed by atoms with Crippen molar-refractivity contribution in [1.29, 1.82) is 0 Å². The molecule has 5 aromatic carbocycles. The highest BCUT2D eigenvalue weighted by molar-refractivity contribution is 7.92. The molecule has 5 N–H and O–H groups in total. The number of ether oxygens (including phenoxy) is 4. The summed E-state index contributed by atoms with van der Waals surface area (Å²) in [5.41, 5.74) is 8.08. The van der Waals surface area contributed by atoms with Gasteiger partial charge in [0.1, 0.15) is 32.6 Å². The molecule has 0 aliphatic carbocycles. The van der Waals surface area contributed by atoms with Gasteiger partial charge in [-0.3, -0.25) is 0 Å². The molecule has 22 heteroatoms. The zero-order valence-electron chi connectivity index (χ0n) is 38.0. The quantitative estimate of drug-likeness (QED) is 0.0744. The number of para-hydroxylation sites is 1. The third-order valence-electron chi connectivity index (χ3n) is 10.3. The van der Waals surface area contributed by atoms with Crippen molar-refractivity contribution >= 4 is 52.8 Å². The van der Waals surface area contributed by atoms with Gasteiger partial charge in [0.25, 0.3) is 0 Å². The van der Waals surface area contributed by atoms with Crippen LogP contribution in [0.2, 0.25) is 0 Å². The van der Waals surface area contributed by atoms with Crippen LogP contribution in [0, 0.1) is 0 Å². The number of hydrogen-bond acceptors (Lipinski definition) is 16. The molecule has 0 bridgehead atoms. The standard InChI is InChI=1S/C46H51N9O10S3/c1-46(2,3)65-45(57)48-24-32(56)25-49-67(58,59)39-23-22-36(37-8-7-9-38-41(37)50-44(47)66-38)40(43-51-53-55(52-43)28-31-14-20-35(64-6)21-15-31)42(39)68(60,61)54(26-29-10-16-33(62-4)17-11-29)27-30-12-18-34(63-5)19-13-30/h7-23,32,49,56H,24-28H2,1-6H3,(H2,47,50)(H,48,57). The Hall–Kier alpha value is -6.69. The molecule has 0 aliphatic rings. The molecule has 2 heterocycles. The first-order valence-corrected chi connectivity index (χ1v) is 24.8. The molecule has 7 rings (SSSR count). The van der Waals surface area contributed by atoms with E-state index in [1.807, 2.05) is 18.2 Å². The van der Waals surface area contributed by atoms with E-state index >= 15 is 8.42 Å². The summed E-state index contributed by atoms with van der Waals surface area (Å²) in [6, 6.07) is 28.6. The number of alkyl carbamates (subject to hydrolysis) is 1. The van der Waals surface area contributed by atoms with Crippen molar-refractivity contribution < 1.29 is 45.7 Å². The molecule has 1 unspecified atom stereocenters. The maximum absolute atomic E-state index is 16.0. The van der Waals surface area contributed by atoms with Gasteiger partial charge in [0.15, 0.2) is 5.13 Å². The molecule has 0 spiro atoms. The predicted octanol–water partition coefficient (Wildman–Crippen LogP) is 5.83. The molecule has 0 aliphatic heterocycles. The molecular weight excluding hydrogens is 935 g/mol. The van der Waals surface area contributed by atoms with Gasteiger partial charge in [-0.2, -0.15) is 9.10 Å². The summed E-state index contributed by atoms with van der Waals surface area (Å²) in [7, 11) is -5.29. The molecule has 68 heavy (non-hydrogen) atoms. The number of hydrogen-bond donors (Lipinski definition) is 4. The van der Waals surface area contributed by atoms with E-state index in [0.29, 0.717) is 44.2 Å². The van der Waals surface area contributed by atoms with E-state index in [4.69, 9.17) is 29.8 Å². The molecule has 0 saturated heterocycles. The van der Waals surface area contributed by atoms with Crippen LogP contribution in [0.3, 0.4) is 0 Å². The number of carbonyl (C=O) groups excluding carboxylic acids is 1. The van der Waals surface area contributed by atoms with Crippen LogP contribution in [0.4, 0.5) is 9.93 Å². The number of thiazole rings is 1. The minimum absolute atomic E-state index is 0.0996. The Balaban J connectivity index is 1.44. The number of aliphatic hydroxyl groups is 1. The second-order valence-corrected chi connectivity index (χ2v) is 21.0. The summed E-state index contributed by atoms with van der Waals surface area (Å²) >= 11 is 1.22. The van der Waals surface area contributed by atoms with E-state index in [9.17, 15) is 18.3 Å². The highest BCUT2D eigenvalue weighted by Gasteiger charge is 2.38. The number of nitrogens with zero attached hydrogens (tertiary/aromatic N) is 6. The maximum atomic E-state index is 16.0. The van der Waals surface area contributed by atoms with Crippen LogP contribution in [-0.2, 0) is 44.4 Å². The normalized spacial score (nSPS) is 12.5. The minimum atomic E-state index is -4.99. The third kappa shape index (κ3) is 11.7. The molecule has 1 amide bonds. The molecule has 2 aromatic heterocycles. The van der Waals surface area contributed by atoms with Gasteiger partial charge in [0.2, 0.25) is 25.9 Å². The number of aromatic nitrogens is 5. The minimum Gasteiger partial charge on any atom is -0.497 e. The van der Waals surface area contributed by atoms with Crippen LogP contribution in [0.25, 0.3) is 32.7 Å². The number of carbonyl (C=O) groups is 1. The lowest BCUT2D eigenvalue weighted by Gasteiger charge is -2.26. The largest absolute Gasteiger partial charge is 0.497 e. The summed E-state index contributed by atoms with van der Waals surface area (Å²) in [4.78, 5) is 16.8. The molecular formula is C46H51N9O10S3. The highest BCUT2D eigenvalue weighted by atomic mass is 32.2. The van der Waals surface area contributed by atoms with Gasteiger partial charge in [-0.15, -0.1) is 10.2 Å². The lowest BCUT2D eigenvalue weighted by atomic mass is 9.98. The SMILES string of the molecule is COc1ccc(CN(Cc2ccc(OC)cc2)S(=O)(=O)c2c(S(=O)(=O)NCC(O)CNC(=O)OC(C)(C)C)ccc(-c3cccc4sc(N)nc34)c2-c2nnn(Cc3ccc(OC)cc3)n2)cc1. The maximum Gasteiger partial charge on any atom is 0.407 e.